The molecule has 1 aliphatic heterocycles. The molecule has 0 spiro atoms. The number of sulfonamides is 1. The smallest absolute Gasteiger partial charge is 0.236 e. The first-order valence-corrected chi connectivity index (χ1v) is 10.7. The van der Waals surface area contributed by atoms with Crippen molar-refractivity contribution in [2.24, 2.45) is 5.41 Å². The van der Waals surface area contributed by atoms with E-state index in [1.54, 1.807) is 49.1 Å². The predicted molar refractivity (Wildman–Crippen MR) is 111 cm³/mol. The largest absolute Gasteiger partial charge is 0.490 e. The molecule has 0 unspecified atom stereocenters. The zero-order valence-electron chi connectivity index (χ0n) is 16.3. The summed E-state index contributed by atoms with van der Waals surface area (Å²) < 4.78 is 46.6. The normalized spacial score (nSPS) is 15.8. The number of carbonyl (C=O) groups excluding carboxylic acids is 1. The number of amides is 1. The summed E-state index contributed by atoms with van der Waals surface area (Å²) in [7, 11) is -3.77. The van der Waals surface area contributed by atoms with Gasteiger partial charge < -0.3 is 9.64 Å². The minimum absolute atomic E-state index is 0.101. The minimum Gasteiger partial charge on any atom is -0.490 e. The van der Waals surface area contributed by atoms with E-state index >= 15 is 0 Å². The van der Waals surface area contributed by atoms with E-state index < -0.39 is 21.3 Å². The maximum Gasteiger partial charge on any atom is 0.236 e. The summed E-state index contributed by atoms with van der Waals surface area (Å²) in [5.74, 6) is -0.561. The van der Waals surface area contributed by atoms with Crippen molar-refractivity contribution in [1.82, 2.24) is 0 Å². The molecule has 0 radical (unpaired) electrons. The average Bonchev–Trinajstić information content (AvgIpc) is 2.71. The number of hydrogen-bond donors (Lipinski definition) is 1. The highest BCUT2D eigenvalue weighted by atomic mass is 32.2. The van der Waals surface area contributed by atoms with E-state index in [1.807, 2.05) is 0 Å². The van der Waals surface area contributed by atoms with E-state index in [0.29, 0.717) is 29.2 Å². The van der Waals surface area contributed by atoms with Crippen molar-refractivity contribution in [1.29, 1.82) is 0 Å². The molecule has 1 amide bonds. The lowest BCUT2D eigenvalue weighted by Gasteiger charge is -2.27. The van der Waals surface area contributed by atoms with Crippen LogP contribution in [0.5, 0.6) is 5.75 Å². The Hall–Kier alpha value is -2.87. The average molecular weight is 418 g/mol. The molecule has 0 bridgehead atoms. The Balaban J connectivity index is 1.87. The fourth-order valence-corrected chi connectivity index (χ4v) is 4.26. The van der Waals surface area contributed by atoms with Crippen LogP contribution >= 0.6 is 0 Å². The molecule has 0 saturated heterocycles. The third-order valence-electron chi connectivity index (χ3n) is 4.49. The maximum absolute atomic E-state index is 13.3. The van der Waals surface area contributed by atoms with Gasteiger partial charge in [-0.3, -0.25) is 9.52 Å². The Morgan fingerprint density at radius 3 is 2.72 bits per heavy atom. The van der Waals surface area contributed by atoms with Gasteiger partial charge in [0.2, 0.25) is 15.9 Å². The Morgan fingerprint density at radius 2 is 2.03 bits per heavy atom. The van der Waals surface area contributed by atoms with Crippen molar-refractivity contribution >= 4 is 27.3 Å². The van der Waals surface area contributed by atoms with Crippen molar-refractivity contribution in [2.45, 2.75) is 19.6 Å². The number of fused-ring (bicyclic) bond motifs is 1. The molecule has 1 heterocycles. The molecule has 8 heteroatoms. The van der Waals surface area contributed by atoms with Gasteiger partial charge in [0.05, 0.1) is 22.5 Å². The standard InChI is InChI=1S/C21H23FN2O4S/c1-4-10-24-18-9-8-17(12-19(18)28-14-21(2,3)20(24)25)23-29(26,27)13-15-6-5-7-16(22)11-15/h4-9,11-12,23H,1,10,13-14H2,2-3H3. The third-order valence-corrected chi connectivity index (χ3v) is 5.75. The lowest BCUT2D eigenvalue weighted by Crippen LogP contribution is -2.42. The van der Waals surface area contributed by atoms with Crippen LogP contribution in [-0.4, -0.2) is 27.5 Å². The molecular formula is C21H23FN2O4S. The second kappa shape index (κ2) is 7.87. The van der Waals surface area contributed by atoms with Gasteiger partial charge in [-0.2, -0.15) is 0 Å². The van der Waals surface area contributed by atoms with Crippen LogP contribution in [0.15, 0.2) is 55.1 Å². The van der Waals surface area contributed by atoms with Gasteiger partial charge in [-0.25, -0.2) is 12.8 Å². The third kappa shape index (κ3) is 4.76. The highest BCUT2D eigenvalue weighted by Gasteiger charge is 2.37. The summed E-state index contributed by atoms with van der Waals surface area (Å²) >= 11 is 0. The van der Waals surface area contributed by atoms with E-state index in [-0.39, 0.29) is 18.3 Å². The SMILES string of the molecule is C=CCN1C(=O)C(C)(C)COc2cc(NS(=O)(=O)Cc3cccc(F)c3)ccc21. The Morgan fingerprint density at radius 1 is 1.28 bits per heavy atom. The number of nitrogens with zero attached hydrogens (tertiary/aromatic N) is 1. The summed E-state index contributed by atoms with van der Waals surface area (Å²) in [6.45, 7) is 7.75. The van der Waals surface area contributed by atoms with Crippen molar-refractivity contribution < 1.29 is 22.3 Å². The number of halogens is 1. The molecule has 0 fully saturated rings. The molecule has 3 rings (SSSR count). The molecule has 29 heavy (non-hydrogen) atoms. The Bertz CT molecular complexity index is 1050. The summed E-state index contributed by atoms with van der Waals surface area (Å²) in [6, 6.07) is 10.2. The number of hydrogen-bond acceptors (Lipinski definition) is 4. The molecular weight excluding hydrogens is 395 g/mol. The van der Waals surface area contributed by atoms with Crippen LogP contribution in [0, 0.1) is 11.2 Å². The van der Waals surface area contributed by atoms with E-state index in [9.17, 15) is 17.6 Å². The van der Waals surface area contributed by atoms with Crippen LogP contribution in [0.2, 0.25) is 0 Å². The van der Waals surface area contributed by atoms with E-state index in [0.717, 1.165) is 0 Å². The van der Waals surface area contributed by atoms with Crippen LogP contribution < -0.4 is 14.4 Å². The summed E-state index contributed by atoms with van der Waals surface area (Å²) in [5.41, 5.74) is 0.450. The molecule has 0 aromatic heterocycles. The number of carbonyl (C=O) groups is 1. The first-order chi connectivity index (χ1) is 13.6. The quantitative estimate of drug-likeness (QED) is 0.726. The fraction of sp³-hybridized carbons (Fsp3) is 0.286. The van der Waals surface area contributed by atoms with Crippen LogP contribution in [0.25, 0.3) is 0 Å². The van der Waals surface area contributed by atoms with Crippen molar-refractivity contribution in [2.75, 3.05) is 22.8 Å². The van der Waals surface area contributed by atoms with Crippen molar-refractivity contribution in [3.63, 3.8) is 0 Å². The lowest BCUT2D eigenvalue weighted by molar-refractivity contribution is -0.127. The number of nitrogens with one attached hydrogen (secondary N) is 1. The number of benzene rings is 2. The van der Waals surface area contributed by atoms with Gasteiger partial charge in [0, 0.05) is 12.6 Å². The molecule has 1 aliphatic rings. The number of ether oxygens (including phenoxy) is 1. The van der Waals surface area contributed by atoms with E-state index in [1.165, 1.54) is 18.2 Å². The highest BCUT2D eigenvalue weighted by molar-refractivity contribution is 7.91. The molecule has 1 N–H and O–H groups in total. The second-order valence-corrected chi connectivity index (χ2v) is 9.27. The zero-order chi connectivity index (χ0) is 21.2. The van der Waals surface area contributed by atoms with Gasteiger partial charge in [-0.1, -0.05) is 18.2 Å². The highest BCUT2D eigenvalue weighted by Crippen LogP contribution is 2.38. The monoisotopic (exact) mass is 418 g/mol. The van der Waals surface area contributed by atoms with E-state index in [2.05, 4.69) is 11.3 Å². The summed E-state index contributed by atoms with van der Waals surface area (Å²) in [6.07, 6.45) is 1.62. The molecule has 0 aliphatic carbocycles. The van der Waals surface area contributed by atoms with Gasteiger partial charge in [-0.05, 0) is 43.7 Å². The lowest BCUT2D eigenvalue weighted by atomic mass is 9.93. The van der Waals surface area contributed by atoms with Crippen LogP contribution in [0.3, 0.4) is 0 Å². The summed E-state index contributed by atoms with van der Waals surface area (Å²) in [4.78, 5) is 14.4. The van der Waals surface area contributed by atoms with Gasteiger partial charge in [0.25, 0.3) is 0 Å². The van der Waals surface area contributed by atoms with Crippen molar-refractivity contribution in [3.05, 3.63) is 66.5 Å². The second-order valence-electron chi connectivity index (χ2n) is 7.55. The fourth-order valence-electron chi connectivity index (χ4n) is 3.08. The van der Waals surface area contributed by atoms with Gasteiger partial charge in [0.1, 0.15) is 18.2 Å². The van der Waals surface area contributed by atoms with Crippen LogP contribution in [-0.2, 0) is 20.6 Å². The van der Waals surface area contributed by atoms with Crippen LogP contribution in [0.1, 0.15) is 19.4 Å². The topological polar surface area (TPSA) is 75.7 Å². The molecule has 0 saturated carbocycles. The minimum atomic E-state index is -3.77. The summed E-state index contributed by atoms with van der Waals surface area (Å²) in [5, 5.41) is 0. The Kier molecular flexibility index (Phi) is 5.66. The maximum atomic E-state index is 13.3. The predicted octanol–water partition coefficient (Wildman–Crippen LogP) is 3.71. The van der Waals surface area contributed by atoms with Crippen LogP contribution in [0.4, 0.5) is 15.8 Å². The van der Waals surface area contributed by atoms with Gasteiger partial charge in [-0.15, -0.1) is 6.58 Å². The van der Waals surface area contributed by atoms with E-state index in [4.69, 9.17) is 4.74 Å². The Labute approximate surface area is 170 Å². The molecule has 154 valence electrons. The first-order valence-electron chi connectivity index (χ1n) is 9.06. The number of anilines is 2. The first kappa shape index (κ1) is 20.9. The van der Waals surface area contributed by atoms with Gasteiger partial charge >= 0.3 is 0 Å². The van der Waals surface area contributed by atoms with Crippen molar-refractivity contribution in [3.8, 4) is 5.75 Å². The molecule has 6 nitrogen and oxygen atoms in total. The number of rotatable bonds is 6. The molecule has 0 atom stereocenters. The zero-order valence-corrected chi connectivity index (χ0v) is 17.1. The molecule has 2 aromatic rings. The molecule has 2 aromatic carbocycles. The van der Waals surface area contributed by atoms with Gasteiger partial charge in [0.15, 0.2) is 0 Å².